The fourth-order valence-corrected chi connectivity index (χ4v) is 5.41. The second-order valence-corrected chi connectivity index (χ2v) is 9.71. The summed E-state index contributed by atoms with van der Waals surface area (Å²) in [5.74, 6) is -0.592. The third kappa shape index (κ3) is 4.19. The number of carbonyl (C=O) groups is 1. The summed E-state index contributed by atoms with van der Waals surface area (Å²) >= 11 is 0. The van der Waals surface area contributed by atoms with Crippen molar-refractivity contribution in [3.8, 4) is 0 Å². The first kappa shape index (κ1) is 22.9. The number of piperazine rings is 1. The number of amides is 1. The number of sulfonamides is 1. The third-order valence-corrected chi connectivity index (χ3v) is 7.75. The first-order valence-electron chi connectivity index (χ1n) is 9.91. The molecule has 12 nitrogen and oxygen atoms in total. The molecule has 0 bridgehead atoms. The maximum Gasteiger partial charge on any atom is 0.312 e. The molecule has 0 radical (unpaired) electrons. The molecular weight excluding hydrogens is 426 g/mol. The second kappa shape index (κ2) is 8.38. The Morgan fingerprint density at radius 2 is 1.81 bits per heavy atom. The summed E-state index contributed by atoms with van der Waals surface area (Å²) in [5.41, 5.74) is 1.24. The van der Waals surface area contributed by atoms with Gasteiger partial charge in [0.2, 0.25) is 15.9 Å². The SMILES string of the molecule is Cc1nn(CC(C)C(=O)N2CCN(S(=O)(=O)c3cnn(C)c3C)CC2)c(C)c1[N+](=O)[O-]. The quantitative estimate of drug-likeness (QED) is 0.462. The second-order valence-electron chi connectivity index (χ2n) is 7.81. The van der Waals surface area contributed by atoms with Gasteiger partial charge in [-0.3, -0.25) is 24.3 Å². The van der Waals surface area contributed by atoms with Crippen LogP contribution >= 0.6 is 0 Å². The first-order chi connectivity index (χ1) is 14.4. The van der Waals surface area contributed by atoms with E-state index < -0.39 is 20.9 Å². The van der Waals surface area contributed by atoms with E-state index in [2.05, 4.69) is 10.2 Å². The highest BCUT2D eigenvalue weighted by Gasteiger charge is 2.34. The van der Waals surface area contributed by atoms with Gasteiger partial charge in [-0.2, -0.15) is 14.5 Å². The molecule has 1 unspecified atom stereocenters. The number of carbonyl (C=O) groups excluding carboxylic acids is 1. The van der Waals surface area contributed by atoms with Crippen molar-refractivity contribution in [1.29, 1.82) is 0 Å². The first-order valence-corrected chi connectivity index (χ1v) is 11.3. The maximum atomic E-state index is 12.9. The minimum absolute atomic E-state index is 0.0378. The van der Waals surface area contributed by atoms with Crippen molar-refractivity contribution < 1.29 is 18.1 Å². The van der Waals surface area contributed by atoms with Crippen LogP contribution in [0.2, 0.25) is 0 Å². The summed E-state index contributed by atoms with van der Waals surface area (Å²) in [6, 6.07) is 0. The number of aromatic nitrogens is 4. The Balaban J connectivity index is 1.64. The van der Waals surface area contributed by atoms with Crippen LogP contribution in [0, 0.1) is 36.8 Å². The van der Waals surface area contributed by atoms with Gasteiger partial charge in [-0.05, 0) is 20.8 Å². The summed E-state index contributed by atoms with van der Waals surface area (Å²) in [6.45, 7) is 7.78. The predicted octanol–water partition coefficient (Wildman–Crippen LogP) is 0.619. The van der Waals surface area contributed by atoms with Crippen LogP contribution in [0.3, 0.4) is 0 Å². The molecular formula is C18H27N7O5S. The van der Waals surface area contributed by atoms with Gasteiger partial charge in [0, 0.05) is 33.2 Å². The van der Waals surface area contributed by atoms with E-state index in [0.29, 0.717) is 17.1 Å². The van der Waals surface area contributed by atoms with Crippen molar-refractivity contribution in [3.05, 3.63) is 33.4 Å². The highest BCUT2D eigenvalue weighted by Crippen LogP contribution is 2.24. The topological polar surface area (TPSA) is 136 Å². The molecule has 1 amide bonds. The van der Waals surface area contributed by atoms with E-state index in [4.69, 9.17) is 0 Å². The van der Waals surface area contributed by atoms with Crippen LogP contribution in [0.25, 0.3) is 0 Å². The molecule has 13 heteroatoms. The number of nitrogens with zero attached hydrogens (tertiary/aromatic N) is 7. The zero-order valence-corrected chi connectivity index (χ0v) is 19.1. The van der Waals surface area contributed by atoms with Crippen molar-refractivity contribution in [3.63, 3.8) is 0 Å². The van der Waals surface area contributed by atoms with Gasteiger partial charge < -0.3 is 4.90 Å². The predicted molar refractivity (Wildman–Crippen MR) is 111 cm³/mol. The van der Waals surface area contributed by atoms with Gasteiger partial charge in [-0.25, -0.2) is 8.42 Å². The number of aryl methyl sites for hydroxylation is 2. The van der Waals surface area contributed by atoms with E-state index >= 15 is 0 Å². The van der Waals surface area contributed by atoms with Crippen LogP contribution in [0.1, 0.15) is 24.0 Å². The lowest BCUT2D eigenvalue weighted by Crippen LogP contribution is -2.52. The molecule has 2 aromatic rings. The smallest absolute Gasteiger partial charge is 0.312 e. The van der Waals surface area contributed by atoms with Gasteiger partial charge in [0.05, 0.1) is 29.3 Å². The number of nitro groups is 1. The molecule has 1 aliphatic rings. The molecule has 0 aromatic carbocycles. The molecule has 170 valence electrons. The van der Waals surface area contributed by atoms with Crippen LogP contribution in [-0.2, 0) is 28.4 Å². The van der Waals surface area contributed by atoms with Crippen molar-refractivity contribution in [1.82, 2.24) is 28.8 Å². The highest BCUT2D eigenvalue weighted by atomic mass is 32.2. The van der Waals surface area contributed by atoms with Crippen LogP contribution in [0.15, 0.2) is 11.1 Å². The average molecular weight is 454 g/mol. The molecule has 3 rings (SSSR count). The minimum atomic E-state index is -3.67. The fraction of sp³-hybridized carbons (Fsp3) is 0.611. The summed E-state index contributed by atoms with van der Waals surface area (Å²) in [6.07, 6.45) is 1.35. The van der Waals surface area contributed by atoms with Gasteiger partial charge >= 0.3 is 5.69 Å². The van der Waals surface area contributed by atoms with E-state index in [1.54, 1.807) is 39.6 Å². The van der Waals surface area contributed by atoms with E-state index in [0.717, 1.165) is 0 Å². The lowest BCUT2D eigenvalue weighted by molar-refractivity contribution is -0.386. The van der Waals surface area contributed by atoms with Crippen molar-refractivity contribution in [2.24, 2.45) is 13.0 Å². The number of hydrogen-bond donors (Lipinski definition) is 0. The molecule has 3 heterocycles. The Morgan fingerprint density at radius 1 is 1.19 bits per heavy atom. The molecule has 31 heavy (non-hydrogen) atoms. The van der Waals surface area contributed by atoms with Gasteiger partial charge in [0.15, 0.2) is 0 Å². The summed E-state index contributed by atoms with van der Waals surface area (Å²) in [4.78, 5) is 25.4. The molecule has 0 saturated carbocycles. The summed E-state index contributed by atoms with van der Waals surface area (Å²) < 4.78 is 30.2. The van der Waals surface area contributed by atoms with E-state index in [9.17, 15) is 23.3 Å². The van der Waals surface area contributed by atoms with Crippen LogP contribution in [0.4, 0.5) is 5.69 Å². The van der Waals surface area contributed by atoms with Gasteiger partial charge in [-0.1, -0.05) is 6.92 Å². The average Bonchev–Trinajstić information content (AvgIpc) is 3.19. The van der Waals surface area contributed by atoms with E-state index in [1.807, 2.05) is 0 Å². The lowest BCUT2D eigenvalue weighted by Gasteiger charge is -2.35. The van der Waals surface area contributed by atoms with Gasteiger partial charge in [0.1, 0.15) is 16.3 Å². The Bertz CT molecular complexity index is 1110. The minimum Gasteiger partial charge on any atom is -0.340 e. The molecule has 1 atom stereocenters. The Hall–Kier alpha value is -2.80. The third-order valence-electron chi connectivity index (χ3n) is 5.75. The molecule has 1 saturated heterocycles. The monoisotopic (exact) mass is 453 g/mol. The van der Waals surface area contributed by atoms with Crippen molar-refractivity contribution in [2.45, 2.75) is 39.1 Å². The van der Waals surface area contributed by atoms with Crippen LogP contribution < -0.4 is 0 Å². The summed E-state index contributed by atoms with van der Waals surface area (Å²) in [7, 11) is -1.99. The Kier molecular flexibility index (Phi) is 6.18. The van der Waals surface area contributed by atoms with Crippen molar-refractivity contribution in [2.75, 3.05) is 26.2 Å². The maximum absolute atomic E-state index is 12.9. The van der Waals surface area contributed by atoms with Crippen LogP contribution in [-0.4, -0.2) is 74.2 Å². The highest BCUT2D eigenvalue weighted by molar-refractivity contribution is 7.89. The molecule has 1 fully saturated rings. The largest absolute Gasteiger partial charge is 0.340 e. The van der Waals surface area contributed by atoms with E-state index in [1.165, 1.54) is 19.9 Å². The summed E-state index contributed by atoms with van der Waals surface area (Å²) in [5, 5.41) is 19.4. The van der Waals surface area contributed by atoms with Crippen molar-refractivity contribution >= 4 is 21.6 Å². The molecule has 0 spiro atoms. The zero-order chi connectivity index (χ0) is 23.1. The van der Waals surface area contributed by atoms with Crippen LogP contribution in [0.5, 0.6) is 0 Å². The normalized spacial score (nSPS) is 16.5. The Labute approximate surface area is 180 Å². The van der Waals surface area contributed by atoms with Gasteiger partial charge in [-0.15, -0.1) is 0 Å². The molecule has 1 aliphatic heterocycles. The molecule has 0 aliphatic carbocycles. The zero-order valence-electron chi connectivity index (χ0n) is 18.3. The number of rotatable bonds is 6. The molecule has 0 N–H and O–H groups in total. The Morgan fingerprint density at radius 3 is 2.29 bits per heavy atom. The number of hydrogen-bond acceptors (Lipinski definition) is 7. The van der Waals surface area contributed by atoms with Gasteiger partial charge in [0.25, 0.3) is 0 Å². The fourth-order valence-electron chi connectivity index (χ4n) is 3.80. The lowest BCUT2D eigenvalue weighted by atomic mass is 10.1. The molecule has 2 aromatic heterocycles. The standard InChI is InChI=1S/C18H27N7O5S/c1-12(11-24-15(4)17(25(27)28)13(2)20-24)18(26)22-6-8-23(9-7-22)31(29,30)16-10-19-21(5)14(16)3/h10,12H,6-9,11H2,1-5H3. The van der Waals surface area contributed by atoms with E-state index in [-0.39, 0.29) is 49.2 Å².